The van der Waals surface area contributed by atoms with Gasteiger partial charge in [0.05, 0.1) is 5.69 Å². The van der Waals surface area contributed by atoms with E-state index in [1.165, 1.54) is 6.34 Å². The van der Waals surface area contributed by atoms with E-state index >= 15 is 0 Å². The molecule has 0 bridgehead atoms. The van der Waals surface area contributed by atoms with Crippen LogP contribution in [0.25, 0.3) is 0 Å². The molecule has 1 aromatic carbocycles. The molecule has 0 heterocycles. The summed E-state index contributed by atoms with van der Waals surface area (Å²) in [5, 5.41) is 8.29. The zero-order valence-corrected chi connectivity index (χ0v) is 8.55. The summed E-state index contributed by atoms with van der Waals surface area (Å²) < 4.78 is 5.40. The Bertz CT molecular complexity index is 331. The van der Waals surface area contributed by atoms with E-state index < -0.39 is 0 Å². The van der Waals surface area contributed by atoms with Gasteiger partial charge in [0, 0.05) is 0 Å². The van der Waals surface area contributed by atoms with E-state index in [2.05, 4.69) is 4.99 Å². The summed E-state index contributed by atoms with van der Waals surface area (Å²) >= 11 is 0. The molecule has 0 aliphatic carbocycles. The molecule has 15 heavy (non-hydrogen) atoms. The second-order valence-electron chi connectivity index (χ2n) is 2.76. The first-order valence-electron chi connectivity index (χ1n) is 4.63. The maximum absolute atomic E-state index is 8.29. The summed E-state index contributed by atoms with van der Waals surface area (Å²) in [4.78, 5) is 3.91. The van der Waals surface area contributed by atoms with Gasteiger partial charge in [-0.3, -0.25) is 10.7 Å². The Morgan fingerprint density at radius 3 is 2.73 bits per heavy atom. The smallest absolute Gasteiger partial charge is 0.119 e. The predicted molar refractivity (Wildman–Crippen MR) is 59.8 cm³/mol. The summed E-state index contributed by atoms with van der Waals surface area (Å²) in [6.45, 7) is 2.51. The Hall–Kier alpha value is -1.81. The zero-order valence-electron chi connectivity index (χ0n) is 8.55. The van der Waals surface area contributed by atoms with Crippen LogP contribution in [0.5, 0.6) is 5.75 Å². The van der Waals surface area contributed by atoms with E-state index in [-0.39, 0.29) is 0 Å². The Balaban J connectivity index is 2.52. The molecular weight excluding hydrogens is 192 g/mol. The number of hydrogen-bond donors (Lipinski definition) is 2. The third kappa shape index (κ3) is 4.28. The predicted octanol–water partition coefficient (Wildman–Crippen LogP) is 2.28. The van der Waals surface area contributed by atoms with Crippen LogP contribution in [0.3, 0.4) is 0 Å². The van der Waals surface area contributed by atoms with Gasteiger partial charge in [0.2, 0.25) is 0 Å². The van der Waals surface area contributed by atoms with Crippen molar-refractivity contribution < 1.29 is 9.94 Å². The monoisotopic (exact) mass is 206 g/mol. The molecule has 0 aromatic heterocycles. The van der Waals surface area contributed by atoms with Crippen LogP contribution in [-0.2, 0) is 0 Å². The highest BCUT2D eigenvalue weighted by molar-refractivity contribution is 5.59. The Morgan fingerprint density at radius 2 is 2.13 bits per heavy atom. The molecule has 80 valence electrons. The molecule has 0 aliphatic rings. The van der Waals surface area contributed by atoms with Gasteiger partial charge in [0.25, 0.3) is 0 Å². The largest absolute Gasteiger partial charge is 0.490 e. The summed E-state index contributed by atoms with van der Waals surface area (Å²) in [5.41, 5.74) is 2.59. The molecule has 0 radical (unpaired) electrons. The van der Waals surface area contributed by atoms with Gasteiger partial charge in [0.1, 0.15) is 18.7 Å². The molecule has 1 aromatic rings. The third-order valence-electron chi connectivity index (χ3n) is 1.69. The van der Waals surface area contributed by atoms with Crippen molar-refractivity contribution in [1.82, 2.24) is 5.48 Å². The van der Waals surface area contributed by atoms with Crippen molar-refractivity contribution in [2.24, 2.45) is 4.99 Å². The standard InChI is InChI=1S/C11H14N2O2/c1-2-3-8-15-11-6-4-10(5-7-11)12-9-13-14/h2-7,9,14H,8H2,1H3,(H,12,13). The van der Waals surface area contributed by atoms with Crippen molar-refractivity contribution in [3.8, 4) is 5.75 Å². The van der Waals surface area contributed by atoms with Crippen LogP contribution >= 0.6 is 0 Å². The maximum atomic E-state index is 8.29. The van der Waals surface area contributed by atoms with Crippen molar-refractivity contribution in [2.75, 3.05) is 6.61 Å². The average Bonchev–Trinajstić information content (AvgIpc) is 2.28. The van der Waals surface area contributed by atoms with Gasteiger partial charge in [-0.05, 0) is 31.2 Å². The van der Waals surface area contributed by atoms with Gasteiger partial charge >= 0.3 is 0 Å². The van der Waals surface area contributed by atoms with Crippen LogP contribution in [0.15, 0.2) is 41.4 Å². The van der Waals surface area contributed by atoms with Gasteiger partial charge in [-0.25, -0.2) is 4.99 Å². The Labute approximate surface area is 88.9 Å². The minimum atomic E-state index is 0.567. The molecule has 0 amide bonds. The fourth-order valence-electron chi connectivity index (χ4n) is 0.972. The highest BCUT2D eigenvalue weighted by Gasteiger charge is 1.91. The lowest BCUT2D eigenvalue weighted by molar-refractivity contribution is 0.240. The number of hydrogen-bond acceptors (Lipinski definition) is 3. The summed E-state index contributed by atoms with van der Waals surface area (Å²) in [6.07, 6.45) is 5.07. The number of aliphatic imine (C=N–C) groups is 1. The van der Waals surface area contributed by atoms with E-state index in [0.29, 0.717) is 6.61 Å². The summed E-state index contributed by atoms with van der Waals surface area (Å²) in [5.74, 6) is 0.795. The van der Waals surface area contributed by atoms with Crippen molar-refractivity contribution >= 4 is 12.0 Å². The van der Waals surface area contributed by atoms with Gasteiger partial charge in [-0.15, -0.1) is 0 Å². The number of hydroxylamine groups is 1. The molecule has 4 heteroatoms. The van der Waals surface area contributed by atoms with Gasteiger partial charge in [-0.1, -0.05) is 12.2 Å². The van der Waals surface area contributed by atoms with Gasteiger partial charge in [0.15, 0.2) is 0 Å². The third-order valence-corrected chi connectivity index (χ3v) is 1.69. The molecule has 0 fully saturated rings. The highest BCUT2D eigenvalue weighted by atomic mass is 16.5. The summed E-state index contributed by atoms with van der Waals surface area (Å²) in [7, 11) is 0. The van der Waals surface area contributed by atoms with E-state index in [1.54, 1.807) is 12.1 Å². The average molecular weight is 206 g/mol. The van der Waals surface area contributed by atoms with Crippen molar-refractivity contribution in [3.63, 3.8) is 0 Å². The van der Waals surface area contributed by atoms with E-state index in [0.717, 1.165) is 11.4 Å². The first-order valence-corrected chi connectivity index (χ1v) is 4.63. The quantitative estimate of drug-likeness (QED) is 0.336. The van der Waals surface area contributed by atoms with Crippen molar-refractivity contribution in [1.29, 1.82) is 0 Å². The van der Waals surface area contributed by atoms with Crippen LogP contribution in [0.4, 0.5) is 5.69 Å². The molecule has 2 N–H and O–H groups in total. The first-order chi connectivity index (χ1) is 7.36. The second kappa shape index (κ2) is 6.62. The molecule has 0 aliphatic heterocycles. The molecule has 0 unspecified atom stereocenters. The molecular formula is C11H14N2O2. The van der Waals surface area contributed by atoms with Gasteiger partial charge in [-0.2, -0.15) is 0 Å². The lowest BCUT2D eigenvalue weighted by Crippen LogP contribution is -2.00. The normalized spacial score (nSPS) is 11.1. The SMILES string of the molecule is CC=CCOc1ccc(N=CNO)cc1. The van der Waals surface area contributed by atoms with Crippen molar-refractivity contribution in [3.05, 3.63) is 36.4 Å². The number of ether oxygens (including phenoxy) is 1. The maximum Gasteiger partial charge on any atom is 0.119 e. The second-order valence-corrected chi connectivity index (χ2v) is 2.76. The molecule has 0 saturated carbocycles. The molecule has 0 spiro atoms. The molecule has 0 atom stereocenters. The number of nitrogens with one attached hydrogen (secondary N) is 1. The number of rotatable bonds is 5. The lowest BCUT2D eigenvalue weighted by atomic mass is 10.3. The fourth-order valence-corrected chi connectivity index (χ4v) is 0.972. The molecule has 4 nitrogen and oxygen atoms in total. The van der Waals surface area contributed by atoms with Crippen LogP contribution in [-0.4, -0.2) is 18.2 Å². The van der Waals surface area contributed by atoms with E-state index in [9.17, 15) is 0 Å². The van der Waals surface area contributed by atoms with Crippen LogP contribution in [0, 0.1) is 0 Å². The minimum absolute atomic E-state index is 0.567. The number of benzene rings is 1. The van der Waals surface area contributed by atoms with Crippen LogP contribution < -0.4 is 10.2 Å². The molecule has 0 saturated heterocycles. The summed E-state index contributed by atoms with van der Waals surface area (Å²) in [6, 6.07) is 7.26. The number of allylic oxidation sites excluding steroid dienone is 1. The fraction of sp³-hybridized carbons (Fsp3) is 0.182. The minimum Gasteiger partial charge on any atom is -0.490 e. The van der Waals surface area contributed by atoms with Gasteiger partial charge < -0.3 is 4.74 Å². The Morgan fingerprint density at radius 1 is 1.40 bits per heavy atom. The van der Waals surface area contributed by atoms with E-state index in [4.69, 9.17) is 9.94 Å². The highest BCUT2D eigenvalue weighted by Crippen LogP contribution is 2.17. The molecule has 1 rings (SSSR count). The van der Waals surface area contributed by atoms with Crippen LogP contribution in [0.2, 0.25) is 0 Å². The first kappa shape index (κ1) is 11.3. The Kier molecular flexibility index (Phi) is 4.97. The van der Waals surface area contributed by atoms with Crippen LogP contribution in [0.1, 0.15) is 6.92 Å². The zero-order chi connectivity index (χ0) is 10.9. The van der Waals surface area contributed by atoms with Crippen molar-refractivity contribution in [2.45, 2.75) is 6.92 Å². The number of nitrogens with zero attached hydrogens (tertiary/aromatic N) is 1. The lowest BCUT2D eigenvalue weighted by Gasteiger charge is -2.02. The van der Waals surface area contributed by atoms with E-state index in [1.807, 2.05) is 36.7 Å². The topological polar surface area (TPSA) is 53.8 Å².